The molecule has 1 atom stereocenters. The van der Waals surface area contributed by atoms with E-state index in [0.717, 1.165) is 0 Å². The number of rotatable bonds is 7. The maximum absolute atomic E-state index is 12.6. The van der Waals surface area contributed by atoms with Gasteiger partial charge in [-0.2, -0.15) is 4.31 Å². The number of amides is 1. The van der Waals surface area contributed by atoms with Gasteiger partial charge in [0, 0.05) is 23.8 Å². The van der Waals surface area contributed by atoms with E-state index in [1.807, 2.05) is 13.8 Å². The molecule has 0 aliphatic heterocycles. The van der Waals surface area contributed by atoms with Crippen molar-refractivity contribution in [2.24, 2.45) is 0 Å². The molecule has 2 aromatic carbocycles. The highest BCUT2D eigenvalue weighted by Gasteiger charge is 2.26. The van der Waals surface area contributed by atoms with Crippen LogP contribution in [0.4, 0.5) is 5.69 Å². The Balaban J connectivity index is 1.72. The fraction of sp³-hybridized carbons (Fsp3) is 0.250. The van der Waals surface area contributed by atoms with Crippen molar-refractivity contribution in [2.45, 2.75) is 25.3 Å². The zero-order valence-electron chi connectivity index (χ0n) is 16.6. The third-order valence-electron chi connectivity index (χ3n) is 4.65. The zero-order chi connectivity index (χ0) is 21.9. The van der Waals surface area contributed by atoms with E-state index in [1.165, 1.54) is 10.9 Å². The van der Waals surface area contributed by atoms with Crippen LogP contribution in [0.25, 0.3) is 10.9 Å². The van der Waals surface area contributed by atoms with Crippen LogP contribution in [0.5, 0.6) is 0 Å². The molecule has 4 N–H and O–H groups in total. The van der Waals surface area contributed by atoms with Gasteiger partial charge in [0.25, 0.3) is 5.56 Å². The van der Waals surface area contributed by atoms with Crippen LogP contribution in [0.1, 0.15) is 13.8 Å². The second-order valence-electron chi connectivity index (χ2n) is 6.57. The van der Waals surface area contributed by atoms with Crippen molar-refractivity contribution >= 4 is 44.9 Å². The van der Waals surface area contributed by atoms with Crippen molar-refractivity contribution in [1.82, 2.24) is 13.9 Å². The van der Waals surface area contributed by atoms with Gasteiger partial charge in [-0.3, -0.25) is 14.2 Å². The van der Waals surface area contributed by atoms with Gasteiger partial charge >= 0.3 is 0 Å². The Hall–Kier alpha value is -2.43. The molecule has 0 fully saturated rings. The molecular weight excluding hydrogens is 428 g/mol. The summed E-state index contributed by atoms with van der Waals surface area (Å²) in [6.45, 7) is 4.71. The molecule has 0 radical (unpaired) electrons. The molecule has 1 heterocycles. The Morgan fingerprint density at radius 3 is 2.53 bits per heavy atom. The summed E-state index contributed by atoms with van der Waals surface area (Å²) < 4.78 is 21.8. The average Bonchev–Trinajstić information content (AvgIpc) is 2.71. The number of hydrogen-bond donors (Lipinski definition) is 2. The first-order valence-corrected chi connectivity index (χ1v) is 11.3. The number of carbonyl (C=O) groups is 1. The first-order valence-electron chi connectivity index (χ1n) is 9.36. The SMILES string of the molecule is CCN(CC)S(O)([OH2+])c1ccc(NC(=O)Cn2cnc3cc(Cl)ccc3c2=O)cc1. The van der Waals surface area contributed by atoms with Gasteiger partial charge in [0.05, 0.1) is 17.2 Å². The number of nitrogens with zero attached hydrogens (tertiary/aromatic N) is 3. The van der Waals surface area contributed by atoms with Crippen molar-refractivity contribution in [2.75, 3.05) is 18.4 Å². The lowest BCUT2D eigenvalue weighted by molar-refractivity contribution is -0.116. The fourth-order valence-electron chi connectivity index (χ4n) is 3.07. The van der Waals surface area contributed by atoms with Gasteiger partial charge in [0.15, 0.2) is 0 Å². The van der Waals surface area contributed by atoms with Crippen LogP contribution in [0.3, 0.4) is 0 Å². The maximum Gasteiger partial charge on any atom is 0.261 e. The molecule has 0 bridgehead atoms. The maximum atomic E-state index is 12.6. The van der Waals surface area contributed by atoms with Crippen molar-refractivity contribution < 1.29 is 13.9 Å². The lowest BCUT2D eigenvalue weighted by Crippen LogP contribution is -2.28. The lowest BCUT2D eigenvalue weighted by Gasteiger charge is -2.37. The van der Waals surface area contributed by atoms with Crippen LogP contribution in [-0.4, -0.2) is 42.0 Å². The monoisotopic (exact) mass is 451 g/mol. The summed E-state index contributed by atoms with van der Waals surface area (Å²) >= 11 is 5.92. The number of hydrogen-bond acceptors (Lipinski definition) is 5. The highest BCUT2D eigenvalue weighted by atomic mass is 35.5. The van der Waals surface area contributed by atoms with E-state index in [0.29, 0.717) is 39.6 Å². The van der Waals surface area contributed by atoms with Crippen LogP contribution in [-0.2, 0) is 11.3 Å². The van der Waals surface area contributed by atoms with Gasteiger partial charge in [-0.25, -0.2) is 9.54 Å². The Morgan fingerprint density at radius 2 is 1.90 bits per heavy atom. The van der Waals surface area contributed by atoms with E-state index in [4.69, 9.17) is 16.2 Å². The fourth-order valence-corrected chi connectivity index (χ4v) is 4.80. The second-order valence-corrected chi connectivity index (χ2v) is 9.10. The molecule has 0 saturated carbocycles. The Kier molecular flexibility index (Phi) is 6.79. The average molecular weight is 452 g/mol. The number of nitrogens with one attached hydrogen (secondary N) is 1. The molecule has 1 aromatic heterocycles. The van der Waals surface area contributed by atoms with Gasteiger partial charge in [0.2, 0.25) is 5.91 Å². The Labute approximate surface area is 180 Å². The minimum Gasteiger partial charge on any atom is -0.325 e. The van der Waals surface area contributed by atoms with E-state index in [1.54, 1.807) is 46.8 Å². The van der Waals surface area contributed by atoms with Crippen LogP contribution in [0.15, 0.2) is 58.5 Å². The standard InChI is InChI=1S/C20H23ClN4O4S/c1-3-25(4-2)30(28,29)16-8-6-15(7-9-16)23-19(26)12-24-13-22-18-11-14(21)5-10-17(18)20(24)27/h5-11,13,28-29H,3-4,12H2,1-2H3,(H,23,26)/p+1. The van der Waals surface area contributed by atoms with Crippen LogP contribution < -0.4 is 10.9 Å². The summed E-state index contributed by atoms with van der Waals surface area (Å²) in [6.07, 6.45) is 1.32. The van der Waals surface area contributed by atoms with Gasteiger partial charge in [-0.1, -0.05) is 25.4 Å². The normalized spacial score (nSPS) is 14.5. The molecule has 30 heavy (non-hydrogen) atoms. The summed E-state index contributed by atoms with van der Waals surface area (Å²) in [5, 5.41) is 3.58. The molecule has 8 nitrogen and oxygen atoms in total. The minimum atomic E-state index is -2.82. The zero-order valence-corrected chi connectivity index (χ0v) is 18.2. The number of aromatic nitrogens is 2. The van der Waals surface area contributed by atoms with Gasteiger partial charge in [-0.15, -0.1) is 0 Å². The largest absolute Gasteiger partial charge is 0.325 e. The van der Waals surface area contributed by atoms with Crippen molar-refractivity contribution in [3.05, 3.63) is 64.2 Å². The highest BCUT2D eigenvalue weighted by molar-refractivity contribution is 8.22. The number of halogens is 1. The Morgan fingerprint density at radius 1 is 1.23 bits per heavy atom. The topological polar surface area (TPSA) is 110 Å². The predicted octanol–water partition coefficient (Wildman–Crippen LogP) is 3.22. The third-order valence-corrected chi connectivity index (χ3v) is 7.08. The highest BCUT2D eigenvalue weighted by Crippen LogP contribution is 2.51. The molecule has 0 aliphatic carbocycles. The smallest absolute Gasteiger partial charge is 0.261 e. The van der Waals surface area contributed by atoms with E-state index < -0.39 is 16.7 Å². The molecular formula is C20H24ClN4O4S+. The van der Waals surface area contributed by atoms with Crippen molar-refractivity contribution in [3.8, 4) is 0 Å². The second kappa shape index (κ2) is 9.15. The van der Waals surface area contributed by atoms with E-state index in [9.17, 15) is 14.1 Å². The molecule has 3 aromatic rings. The van der Waals surface area contributed by atoms with Gasteiger partial charge in [0.1, 0.15) is 11.4 Å². The lowest BCUT2D eigenvalue weighted by atomic mass is 10.2. The molecule has 160 valence electrons. The van der Waals surface area contributed by atoms with E-state index >= 15 is 0 Å². The number of carbonyl (C=O) groups excluding carboxylic acids is 1. The summed E-state index contributed by atoms with van der Waals surface area (Å²) in [5.74, 6) is -0.391. The number of benzene rings is 2. The van der Waals surface area contributed by atoms with E-state index in [2.05, 4.69) is 10.3 Å². The number of anilines is 1. The quantitative estimate of drug-likeness (QED) is 0.536. The van der Waals surface area contributed by atoms with Crippen molar-refractivity contribution in [3.63, 3.8) is 0 Å². The molecule has 0 spiro atoms. The summed E-state index contributed by atoms with van der Waals surface area (Å²) in [7, 11) is -2.82. The van der Waals surface area contributed by atoms with Crippen LogP contribution in [0.2, 0.25) is 5.02 Å². The molecule has 10 heteroatoms. The predicted molar refractivity (Wildman–Crippen MR) is 121 cm³/mol. The molecule has 0 aliphatic rings. The minimum absolute atomic E-state index is 0.195. The summed E-state index contributed by atoms with van der Waals surface area (Å²) in [4.78, 5) is 29.6. The van der Waals surface area contributed by atoms with Gasteiger partial charge in [-0.05, 0) is 53.2 Å². The van der Waals surface area contributed by atoms with Crippen LogP contribution in [0, 0.1) is 0 Å². The Bertz CT molecular complexity index is 1110. The van der Waals surface area contributed by atoms with Crippen LogP contribution >= 0.6 is 22.4 Å². The molecule has 0 saturated heterocycles. The third kappa shape index (κ3) is 4.66. The summed E-state index contributed by atoms with van der Waals surface area (Å²) in [5.41, 5.74) is 0.648. The number of fused-ring (bicyclic) bond motifs is 1. The molecule has 1 unspecified atom stereocenters. The van der Waals surface area contributed by atoms with Crippen molar-refractivity contribution in [1.29, 1.82) is 0 Å². The molecule has 1 amide bonds. The van der Waals surface area contributed by atoms with E-state index in [-0.39, 0.29) is 12.1 Å². The molecule has 3 rings (SSSR count). The first-order chi connectivity index (χ1) is 14.3. The first kappa shape index (κ1) is 22.3. The van der Waals surface area contributed by atoms with Gasteiger partial charge < -0.3 is 9.87 Å². The summed E-state index contributed by atoms with van der Waals surface area (Å²) in [6, 6.07) is 11.3.